The number of amides is 1. The van der Waals surface area contributed by atoms with Gasteiger partial charge in [-0.1, -0.05) is 44.5 Å². The Hall–Kier alpha value is -3.15. The lowest BCUT2D eigenvalue weighted by Gasteiger charge is -2.13. The van der Waals surface area contributed by atoms with Gasteiger partial charge in [-0.2, -0.15) is 0 Å². The average molecular weight is 365 g/mol. The average Bonchev–Trinajstić information content (AvgIpc) is 3.09. The molecule has 1 amide bonds. The SMILES string of the molecule is Cc1cccc(-c2ccc(C(=O)NCc3ncc(C(C)(C)C)o3)c(=O)[nH]2)c1. The van der Waals surface area contributed by atoms with Crippen LogP contribution < -0.4 is 10.9 Å². The van der Waals surface area contributed by atoms with Gasteiger partial charge in [0, 0.05) is 11.1 Å². The van der Waals surface area contributed by atoms with E-state index < -0.39 is 11.5 Å². The molecule has 1 aromatic carbocycles. The maximum absolute atomic E-state index is 12.3. The third-order valence-corrected chi connectivity index (χ3v) is 4.18. The number of aromatic amines is 1. The molecule has 2 N–H and O–H groups in total. The summed E-state index contributed by atoms with van der Waals surface area (Å²) in [4.78, 5) is 31.6. The lowest BCUT2D eigenvalue weighted by atomic mass is 9.94. The summed E-state index contributed by atoms with van der Waals surface area (Å²) >= 11 is 0. The molecule has 0 spiro atoms. The highest BCUT2D eigenvalue weighted by molar-refractivity contribution is 5.94. The highest BCUT2D eigenvalue weighted by Crippen LogP contribution is 2.22. The van der Waals surface area contributed by atoms with Gasteiger partial charge in [0.25, 0.3) is 11.5 Å². The van der Waals surface area contributed by atoms with E-state index in [1.54, 1.807) is 12.3 Å². The number of aromatic nitrogens is 2. The molecule has 140 valence electrons. The number of nitrogens with one attached hydrogen (secondary N) is 2. The monoisotopic (exact) mass is 365 g/mol. The fourth-order valence-corrected chi connectivity index (χ4v) is 2.62. The highest BCUT2D eigenvalue weighted by atomic mass is 16.4. The predicted molar refractivity (Wildman–Crippen MR) is 104 cm³/mol. The van der Waals surface area contributed by atoms with Crippen molar-refractivity contribution in [3.05, 3.63) is 75.7 Å². The van der Waals surface area contributed by atoms with Crippen LogP contribution in [-0.2, 0) is 12.0 Å². The molecule has 2 aromatic heterocycles. The van der Waals surface area contributed by atoms with Crippen molar-refractivity contribution in [2.45, 2.75) is 39.7 Å². The van der Waals surface area contributed by atoms with Gasteiger partial charge in [-0.15, -0.1) is 0 Å². The standard InChI is InChI=1S/C21H23N3O3/c1-13-6-5-7-14(10-13)16-9-8-15(20(26)24-16)19(25)23-12-18-22-11-17(27-18)21(2,3)4/h5-11H,12H2,1-4H3,(H,23,25)(H,24,26). The second kappa shape index (κ2) is 7.23. The summed E-state index contributed by atoms with van der Waals surface area (Å²) in [6.45, 7) is 8.16. The molecule has 0 aliphatic heterocycles. The van der Waals surface area contributed by atoms with Crippen molar-refractivity contribution in [3.63, 3.8) is 0 Å². The Morgan fingerprint density at radius 2 is 2.00 bits per heavy atom. The second-order valence-electron chi connectivity index (χ2n) is 7.54. The number of nitrogens with zero attached hydrogens (tertiary/aromatic N) is 1. The summed E-state index contributed by atoms with van der Waals surface area (Å²) in [6, 6.07) is 11.0. The molecule has 27 heavy (non-hydrogen) atoms. The van der Waals surface area contributed by atoms with Gasteiger partial charge in [0.2, 0.25) is 5.89 Å². The van der Waals surface area contributed by atoms with E-state index in [0.29, 0.717) is 11.6 Å². The molecule has 3 rings (SSSR count). The van der Waals surface area contributed by atoms with E-state index in [4.69, 9.17) is 4.42 Å². The molecule has 0 aliphatic carbocycles. The first kappa shape index (κ1) is 18.6. The number of H-pyrrole nitrogens is 1. The van der Waals surface area contributed by atoms with E-state index in [0.717, 1.165) is 16.9 Å². The number of aryl methyl sites for hydroxylation is 1. The lowest BCUT2D eigenvalue weighted by molar-refractivity contribution is 0.0945. The molecule has 0 saturated heterocycles. The summed E-state index contributed by atoms with van der Waals surface area (Å²) in [6.07, 6.45) is 1.66. The fraction of sp³-hybridized carbons (Fsp3) is 0.286. The van der Waals surface area contributed by atoms with Crippen LogP contribution in [0.3, 0.4) is 0 Å². The van der Waals surface area contributed by atoms with Crippen molar-refractivity contribution in [2.24, 2.45) is 0 Å². The van der Waals surface area contributed by atoms with Gasteiger partial charge < -0.3 is 14.7 Å². The Balaban J connectivity index is 1.72. The summed E-state index contributed by atoms with van der Waals surface area (Å²) in [7, 11) is 0. The van der Waals surface area contributed by atoms with Crippen LogP contribution in [0.15, 0.2) is 51.8 Å². The van der Waals surface area contributed by atoms with Crippen LogP contribution in [0.5, 0.6) is 0 Å². The maximum atomic E-state index is 12.3. The minimum atomic E-state index is -0.470. The zero-order valence-corrected chi connectivity index (χ0v) is 15.9. The van der Waals surface area contributed by atoms with Crippen LogP contribution in [0.4, 0.5) is 0 Å². The molecule has 0 saturated carbocycles. The molecule has 6 heteroatoms. The Labute approximate surface area is 157 Å². The Morgan fingerprint density at radius 3 is 2.63 bits per heavy atom. The Morgan fingerprint density at radius 1 is 1.22 bits per heavy atom. The normalized spacial score (nSPS) is 11.4. The number of benzene rings is 1. The number of pyridine rings is 1. The molecule has 0 fully saturated rings. The molecule has 3 aromatic rings. The molecule has 0 bridgehead atoms. The molecular weight excluding hydrogens is 342 g/mol. The third-order valence-electron chi connectivity index (χ3n) is 4.18. The molecule has 6 nitrogen and oxygen atoms in total. The van der Waals surface area contributed by atoms with Crippen molar-refractivity contribution in [2.75, 3.05) is 0 Å². The largest absolute Gasteiger partial charge is 0.443 e. The van der Waals surface area contributed by atoms with Gasteiger partial charge in [-0.25, -0.2) is 4.98 Å². The second-order valence-corrected chi connectivity index (χ2v) is 7.54. The van der Waals surface area contributed by atoms with E-state index in [1.807, 2.05) is 52.0 Å². The zero-order chi connectivity index (χ0) is 19.6. The van der Waals surface area contributed by atoms with Crippen molar-refractivity contribution in [1.29, 1.82) is 0 Å². The highest BCUT2D eigenvalue weighted by Gasteiger charge is 2.19. The number of hydrogen-bond donors (Lipinski definition) is 2. The number of carbonyl (C=O) groups is 1. The first-order valence-corrected chi connectivity index (χ1v) is 8.78. The summed E-state index contributed by atoms with van der Waals surface area (Å²) in [5, 5.41) is 2.67. The van der Waals surface area contributed by atoms with E-state index in [2.05, 4.69) is 15.3 Å². The van der Waals surface area contributed by atoms with Gasteiger partial charge in [0.1, 0.15) is 11.3 Å². The molecular formula is C21H23N3O3. The van der Waals surface area contributed by atoms with Gasteiger partial charge in [0.15, 0.2) is 0 Å². The first-order chi connectivity index (χ1) is 12.7. The van der Waals surface area contributed by atoms with E-state index >= 15 is 0 Å². The van der Waals surface area contributed by atoms with Crippen molar-refractivity contribution in [1.82, 2.24) is 15.3 Å². The van der Waals surface area contributed by atoms with E-state index in [1.165, 1.54) is 6.07 Å². The van der Waals surface area contributed by atoms with E-state index in [9.17, 15) is 9.59 Å². The molecule has 0 aliphatic rings. The minimum Gasteiger partial charge on any atom is -0.443 e. The van der Waals surface area contributed by atoms with Gasteiger partial charge in [0.05, 0.1) is 12.7 Å². The quantitative estimate of drug-likeness (QED) is 0.740. The van der Waals surface area contributed by atoms with E-state index in [-0.39, 0.29) is 17.5 Å². The summed E-state index contributed by atoms with van der Waals surface area (Å²) in [5.74, 6) is 0.677. The van der Waals surface area contributed by atoms with Crippen LogP contribution in [0.1, 0.15) is 48.3 Å². The molecule has 0 unspecified atom stereocenters. The minimum absolute atomic E-state index is 0.0500. The number of oxazole rings is 1. The number of rotatable bonds is 4. The smallest absolute Gasteiger partial charge is 0.261 e. The number of carbonyl (C=O) groups excluding carboxylic acids is 1. The fourth-order valence-electron chi connectivity index (χ4n) is 2.62. The summed E-state index contributed by atoms with van der Waals surface area (Å²) in [5.41, 5.74) is 2.12. The summed E-state index contributed by atoms with van der Waals surface area (Å²) < 4.78 is 5.64. The molecule has 0 atom stereocenters. The van der Waals surface area contributed by atoms with Crippen molar-refractivity contribution in [3.8, 4) is 11.3 Å². The zero-order valence-electron chi connectivity index (χ0n) is 15.9. The van der Waals surface area contributed by atoms with Crippen LogP contribution in [0, 0.1) is 6.92 Å². The molecule has 0 radical (unpaired) electrons. The number of hydrogen-bond acceptors (Lipinski definition) is 4. The van der Waals surface area contributed by atoms with Crippen LogP contribution in [0.2, 0.25) is 0 Å². The Kier molecular flexibility index (Phi) is 4.99. The topological polar surface area (TPSA) is 88.0 Å². The third kappa shape index (κ3) is 4.34. The lowest BCUT2D eigenvalue weighted by Crippen LogP contribution is -2.29. The van der Waals surface area contributed by atoms with Crippen molar-refractivity contribution >= 4 is 5.91 Å². The first-order valence-electron chi connectivity index (χ1n) is 8.78. The van der Waals surface area contributed by atoms with Crippen LogP contribution in [-0.4, -0.2) is 15.9 Å². The van der Waals surface area contributed by atoms with Crippen LogP contribution >= 0.6 is 0 Å². The van der Waals surface area contributed by atoms with Gasteiger partial charge in [-0.3, -0.25) is 9.59 Å². The predicted octanol–water partition coefficient (Wildman–Crippen LogP) is 3.57. The van der Waals surface area contributed by atoms with Crippen molar-refractivity contribution < 1.29 is 9.21 Å². The Bertz CT molecular complexity index is 1030. The molecule has 2 heterocycles. The van der Waals surface area contributed by atoms with Gasteiger partial charge in [-0.05, 0) is 30.7 Å². The van der Waals surface area contributed by atoms with Gasteiger partial charge >= 0.3 is 0 Å². The maximum Gasteiger partial charge on any atom is 0.261 e. The van der Waals surface area contributed by atoms with Crippen LogP contribution in [0.25, 0.3) is 11.3 Å².